The van der Waals surface area contributed by atoms with Gasteiger partial charge in [-0.3, -0.25) is 9.78 Å². The van der Waals surface area contributed by atoms with Crippen LogP contribution in [-0.4, -0.2) is 46.1 Å². The minimum Gasteiger partial charge on any atom is -0.496 e. The average Bonchev–Trinajstić information content (AvgIpc) is 3.41. The fourth-order valence-corrected chi connectivity index (χ4v) is 4.04. The Labute approximate surface area is 229 Å². The Morgan fingerprint density at radius 3 is 2.52 bits per heavy atom. The van der Waals surface area contributed by atoms with Gasteiger partial charge in [0.25, 0.3) is 5.91 Å². The van der Waals surface area contributed by atoms with Gasteiger partial charge in [0.2, 0.25) is 0 Å². The van der Waals surface area contributed by atoms with Crippen molar-refractivity contribution in [3.8, 4) is 28.4 Å². The van der Waals surface area contributed by atoms with Crippen LogP contribution in [0.2, 0.25) is 0 Å². The van der Waals surface area contributed by atoms with Gasteiger partial charge < -0.3 is 20.1 Å². The number of carbonyl (C=O) groups excluding carboxylic acids is 1. The van der Waals surface area contributed by atoms with E-state index in [1.807, 2.05) is 20.8 Å². The Bertz CT molecular complexity index is 1520. The molecule has 2 N–H and O–H groups in total. The summed E-state index contributed by atoms with van der Waals surface area (Å²) >= 11 is 0. The quantitative estimate of drug-likeness (QED) is 0.285. The number of nitrogens with zero attached hydrogens (tertiary/aromatic N) is 4. The molecule has 4 rings (SSSR count). The van der Waals surface area contributed by atoms with Crippen LogP contribution in [0.5, 0.6) is 11.5 Å². The van der Waals surface area contributed by atoms with Crippen LogP contribution in [0, 0.1) is 6.92 Å². The van der Waals surface area contributed by atoms with E-state index in [9.17, 15) is 18.0 Å². The molecule has 210 valence electrons. The van der Waals surface area contributed by atoms with Crippen LogP contribution in [0.25, 0.3) is 16.9 Å². The Balaban J connectivity index is 1.64. The number of hydrogen-bond donors (Lipinski definition) is 2. The first kappa shape index (κ1) is 28.6. The lowest BCUT2D eigenvalue weighted by Gasteiger charge is -2.19. The van der Waals surface area contributed by atoms with Gasteiger partial charge in [-0.05, 0) is 42.8 Å². The predicted molar refractivity (Wildman–Crippen MR) is 144 cm³/mol. The number of amides is 1. The highest BCUT2D eigenvalue weighted by Gasteiger charge is 2.36. The molecule has 0 aliphatic rings. The number of aromatic nitrogens is 4. The van der Waals surface area contributed by atoms with Crippen LogP contribution >= 0.6 is 0 Å². The highest BCUT2D eigenvalue weighted by atomic mass is 19.4. The van der Waals surface area contributed by atoms with Crippen molar-refractivity contribution >= 4 is 11.6 Å². The van der Waals surface area contributed by atoms with Gasteiger partial charge in [-0.2, -0.15) is 13.2 Å². The molecule has 2 aromatic carbocycles. The second kappa shape index (κ2) is 11.7. The number of ether oxygens (including phenoxy) is 2. The fraction of sp³-hybridized carbons (Fsp3) is 0.286. The summed E-state index contributed by atoms with van der Waals surface area (Å²) in [7, 11) is 2.73. The first-order chi connectivity index (χ1) is 19.0. The summed E-state index contributed by atoms with van der Waals surface area (Å²) in [6.45, 7) is 5.73. The minimum absolute atomic E-state index is 0.00521. The summed E-state index contributed by atoms with van der Waals surface area (Å²) < 4.78 is 53.4. The number of aryl methyl sites for hydroxylation is 1. The van der Waals surface area contributed by atoms with Crippen molar-refractivity contribution in [1.82, 2.24) is 25.3 Å². The molecule has 0 radical (unpaired) electrons. The van der Waals surface area contributed by atoms with Crippen LogP contribution in [0.15, 0.2) is 55.0 Å². The summed E-state index contributed by atoms with van der Waals surface area (Å²) in [5, 5.41) is 14.1. The summed E-state index contributed by atoms with van der Waals surface area (Å²) in [4.78, 5) is 17.3. The van der Waals surface area contributed by atoms with Crippen molar-refractivity contribution in [1.29, 1.82) is 0 Å². The lowest BCUT2D eigenvalue weighted by atomic mass is 10.0. The maximum absolute atomic E-state index is 13.9. The number of halogens is 3. The van der Waals surface area contributed by atoms with Gasteiger partial charge >= 0.3 is 6.18 Å². The number of benzene rings is 2. The zero-order chi connectivity index (χ0) is 29.0. The summed E-state index contributed by atoms with van der Waals surface area (Å²) in [6.07, 6.45) is 0.208. The van der Waals surface area contributed by atoms with E-state index in [1.54, 1.807) is 42.9 Å². The van der Waals surface area contributed by atoms with Crippen molar-refractivity contribution in [3.63, 3.8) is 0 Å². The Morgan fingerprint density at radius 2 is 1.85 bits per heavy atom. The third-order valence-corrected chi connectivity index (χ3v) is 6.09. The average molecular weight is 555 g/mol. The number of hydrogen-bond acceptors (Lipinski definition) is 7. The van der Waals surface area contributed by atoms with Crippen LogP contribution in [0.1, 0.15) is 40.9 Å². The molecule has 0 saturated heterocycles. The third kappa shape index (κ3) is 6.40. The Hall–Kier alpha value is -4.45. The van der Waals surface area contributed by atoms with E-state index in [4.69, 9.17) is 9.47 Å². The minimum atomic E-state index is -4.68. The van der Waals surface area contributed by atoms with Gasteiger partial charge in [0.05, 0.1) is 37.9 Å². The van der Waals surface area contributed by atoms with E-state index in [-0.39, 0.29) is 35.2 Å². The van der Waals surface area contributed by atoms with Gasteiger partial charge in [-0.15, -0.1) is 5.10 Å². The van der Waals surface area contributed by atoms with Gasteiger partial charge in [0, 0.05) is 41.2 Å². The number of nitrogens with one attached hydrogen (secondary N) is 2. The number of carbonyl (C=O) groups is 1. The molecule has 1 amide bonds. The van der Waals surface area contributed by atoms with Crippen molar-refractivity contribution in [2.24, 2.45) is 0 Å². The second-order valence-corrected chi connectivity index (χ2v) is 9.37. The molecular formula is C28H29F3N6O3. The highest BCUT2D eigenvalue weighted by Crippen LogP contribution is 2.40. The van der Waals surface area contributed by atoms with E-state index >= 15 is 0 Å². The van der Waals surface area contributed by atoms with Crippen LogP contribution in [0.3, 0.4) is 0 Å². The summed E-state index contributed by atoms with van der Waals surface area (Å²) in [6, 6.07) is 9.06. The van der Waals surface area contributed by atoms with Crippen molar-refractivity contribution in [3.05, 3.63) is 77.2 Å². The smallest absolute Gasteiger partial charge is 0.420 e. The lowest BCUT2D eigenvalue weighted by Crippen LogP contribution is -2.23. The molecule has 0 unspecified atom stereocenters. The van der Waals surface area contributed by atoms with Crippen LogP contribution < -0.4 is 20.1 Å². The highest BCUT2D eigenvalue weighted by molar-refractivity contribution is 6.04. The largest absolute Gasteiger partial charge is 0.496 e. The Kier molecular flexibility index (Phi) is 8.38. The summed E-state index contributed by atoms with van der Waals surface area (Å²) in [5.41, 5.74) is 2.15. The molecule has 9 nitrogen and oxygen atoms in total. The van der Waals surface area contributed by atoms with E-state index in [2.05, 4.69) is 25.9 Å². The maximum atomic E-state index is 13.9. The lowest BCUT2D eigenvalue weighted by molar-refractivity contribution is -0.138. The summed E-state index contributed by atoms with van der Waals surface area (Å²) in [5.74, 6) is -0.304. The van der Waals surface area contributed by atoms with Crippen molar-refractivity contribution in [2.75, 3.05) is 19.5 Å². The molecule has 0 saturated carbocycles. The fourth-order valence-electron chi connectivity index (χ4n) is 4.04. The first-order valence-corrected chi connectivity index (χ1v) is 12.4. The first-order valence-electron chi connectivity index (χ1n) is 12.4. The standard InChI is InChI=1S/C28H29F3N6O3/c1-16(2)33-13-20-8-21(11-23(26(20)40-5)28(29,30)31)34-27(38)18-7-6-17(3)25(10-18)37-15-24(35-36-37)19-9-22(39-4)14-32-12-19/h6-12,14-16,33H,13H2,1-5H3,(H,34,38). The molecule has 0 atom stereocenters. The molecule has 4 aromatic rings. The van der Waals surface area contributed by atoms with Crippen molar-refractivity contribution < 1.29 is 27.4 Å². The molecule has 2 aromatic heterocycles. The number of anilines is 1. The van der Waals surface area contributed by atoms with E-state index < -0.39 is 17.6 Å². The zero-order valence-electron chi connectivity index (χ0n) is 22.6. The monoisotopic (exact) mass is 554 g/mol. The number of alkyl halides is 3. The molecule has 0 aliphatic carbocycles. The number of methoxy groups -OCH3 is 2. The molecule has 2 heterocycles. The Morgan fingerprint density at radius 1 is 1.07 bits per heavy atom. The molecular weight excluding hydrogens is 525 g/mol. The molecule has 40 heavy (non-hydrogen) atoms. The van der Waals surface area contributed by atoms with E-state index in [1.165, 1.54) is 25.0 Å². The van der Waals surface area contributed by atoms with Gasteiger partial charge in [-0.1, -0.05) is 25.1 Å². The number of pyridine rings is 1. The SMILES string of the molecule is COc1cncc(-c2cn(-c3cc(C(=O)Nc4cc(CNC(C)C)c(OC)c(C(F)(F)F)c4)ccc3C)nn2)c1. The normalized spacial score (nSPS) is 11.5. The zero-order valence-corrected chi connectivity index (χ0v) is 22.6. The molecule has 0 fully saturated rings. The van der Waals surface area contributed by atoms with E-state index in [0.29, 0.717) is 22.7 Å². The number of rotatable bonds is 9. The van der Waals surface area contributed by atoms with E-state index in [0.717, 1.165) is 11.6 Å². The van der Waals surface area contributed by atoms with Crippen LogP contribution in [0.4, 0.5) is 18.9 Å². The van der Waals surface area contributed by atoms with Gasteiger partial charge in [-0.25, -0.2) is 4.68 Å². The molecule has 12 heteroatoms. The topological polar surface area (TPSA) is 103 Å². The van der Waals surface area contributed by atoms with Crippen molar-refractivity contribution in [2.45, 2.75) is 39.5 Å². The second-order valence-electron chi connectivity index (χ2n) is 9.37. The molecule has 0 bridgehead atoms. The third-order valence-electron chi connectivity index (χ3n) is 6.09. The maximum Gasteiger partial charge on any atom is 0.420 e. The van der Waals surface area contributed by atoms with Crippen LogP contribution in [-0.2, 0) is 12.7 Å². The van der Waals surface area contributed by atoms with Gasteiger partial charge in [0.15, 0.2) is 0 Å². The molecule has 0 aliphatic heterocycles. The predicted octanol–water partition coefficient (Wildman–Crippen LogP) is 5.42. The van der Waals surface area contributed by atoms with Gasteiger partial charge in [0.1, 0.15) is 17.2 Å². The molecule has 0 spiro atoms.